The van der Waals surface area contributed by atoms with E-state index in [0.717, 1.165) is 17.5 Å². The molecule has 1 aromatic heterocycles. The lowest BCUT2D eigenvalue weighted by Crippen LogP contribution is -2.11. The second-order valence-electron chi connectivity index (χ2n) is 6.72. The highest BCUT2D eigenvalue weighted by atomic mass is 32.2. The lowest BCUT2D eigenvalue weighted by atomic mass is 10.1. The molecular weight excluding hydrogens is 402 g/mol. The van der Waals surface area contributed by atoms with Crippen LogP contribution in [0, 0.1) is 0 Å². The van der Waals surface area contributed by atoms with Crippen molar-refractivity contribution in [2.75, 3.05) is 26.6 Å². The molecule has 0 bridgehead atoms. The van der Waals surface area contributed by atoms with Crippen LogP contribution in [0.2, 0.25) is 0 Å². The van der Waals surface area contributed by atoms with Crippen LogP contribution in [-0.4, -0.2) is 40.0 Å². The molecular formula is C23H25NO5S. The SMILES string of the molecule is COc1ccc(S(=O)(=O)CCCOc2ccc(Cc3cccnc3)cc2)cc1OC. The van der Waals surface area contributed by atoms with Gasteiger partial charge in [0.25, 0.3) is 0 Å². The van der Waals surface area contributed by atoms with Crippen LogP contribution in [-0.2, 0) is 16.3 Å². The van der Waals surface area contributed by atoms with Crippen molar-refractivity contribution in [1.29, 1.82) is 0 Å². The van der Waals surface area contributed by atoms with Crippen molar-refractivity contribution in [3.05, 3.63) is 78.1 Å². The average molecular weight is 428 g/mol. The molecule has 3 aromatic rings. The summed E-state index contributed by atoms with van der Waals surface area (Å²) in [6.45, 7) is 0.314. The standard InChI is InChI=1S/C23H25NO5S/c1-27-22-11-10-21(16-23(22)28-2)30(25,26)14-4-13-29-20-8-6-18(7-9-20)15-19-5-3-12-24-17-19/h3,5-12,16-17H,4,13-15H2,1-2H3. The zero-order valence-electron chi connectivity index (χ0n) is 17.1. The Morgan fingerprint density at radius 1 is 0.900 bits per heavy atom. The summed E-state index contributed by atoms with van der Waals surface area (Å²) >= 11 is 0. The highest BCUT2D eigenvalue weighted by Gasteiger charge is 2.17. The lowest BCUT2D eigenvalue weighted by Gasteiger charge is -2.11. The Morgan fingerprint density at radius 3 is 2.33 bits per heavy atom. The van der Waals surface area contributed by atoms with E-state index in [1.54, 1.807) is 12.3 Å². The van der Waals surface area contributed by atoms with Gasteiger partial charge in [-0.25, -0.2) is 8.42 Å². The minimum atomic E-state index is -3.44. The van der Waals surface area contributed by atoms with Crippen LogP contribution in [0.15, 0.2) is 71.9 Å². The number of sulfone groups is 1. The maximum absolute atomic E-state index is 12.6. The largest absolute Gasteiger partial charge is 0.494 e. The van der Waals surface area contributed by atoms with E-state index in [-0.39, 0.29) is 10.6 Å². The van der Waals surface area contributed by atoms with E-state index in [9.17, 15) is 8.42 Å². The molecule has 3 rings (SSSR count). The van der Waals surface area contributed by atoms with E-state index in [2.05, 4.69) is 4.98 Å². The van der Waals surface area contributed by atoms with Gasteiger partial charge in [-0.1, -0.05) is 18.2 Å². The molecule has 0 unspecified atom stereocenters. The van der Waals surface area contributed by atoms with Crippen LogP contribution in [0.25, 0.3) is 0 Å². The van der Waals surface area contributed by atoms with Crippen molar-refractivity contribution < 1.29 is 22.6 Å². The number of benzene rings is 2. The number of aromatic nitrogens is 1. The molecule has 0 N–H and O–H groups in total. The molecule has 0 spiro atoms. The summed E-state index contributed by atoms with van der Waals surface area (Å²) in [7, 11) is -0.450. The molecule has 158 valence electrons. The van der Waals surface area contributed by atoms with Crippen LogP contribution in [0.1, 0.15) is 17.5 Å². The lowest BCUT2D eigenvalue weighted by molar-refractivity contribution is 0.317. The van der Waals surface area contributed by atoms with Crippen LogP contribution in [0.5, 0.6) is 17.2 Å². The van der Waals surface area contributed by atoms with Crippen molar-refractivity contribution >= 4 is 9.84 Å². The first-order valence-corrected chi connectivity index (χ1v) is 11.2. The Morgan fingerprint density at radius 2 is 1.67 bits per heavy atom. The number of ether oxygens (including phenoxy) is 3. The fraction of sp³-hybridized carbons (Fsp3) is 0.261. The molecule has 0 amide bonds. The monoisotopic (exact) mass is 427 g/mol. The van der Waals surface area contributed by atoms with E-state index in [1.807, 2.05) is 42.6 Å². The van der Waals surface area contributed by atoms with Gasteiger partial charge < -0.3 is 14.2 Å². The summed E-state index contributed by atoms with van der Waals surface area (Å²) < 4.78 is 41.2. The maximum atomic E-state index is 12.6. The molecule has 1 heterocycles. The van der Waals surface area contributed by atoms with Gasteiger partial charge in [-0.2, -0.15) is 0 Å². The molecule has 0 aliphatic rings. The molecule has 7 heteroatoms. The highest BCUT2D eigenvalue weighted by Crippen LogP contribution is 2.30. The van der Waals surface area contributed by atoms with Gasteiger partial charge in [0.05, 0.1) is 31.5 Å². The molecule has 0 saturated heterocycles. The Labute approximate surface area is 177 Å². The molecule has 0 saturated carbocycles. The summed E-state index contributed by atoms with van der Waals surface area (Å²) in [5, 5.41) is 0. The van der Waals surface area contributed by atoms with Crippen LogP contribution >= 0.6 is 0 Å². The second kappa shape index (κ2) is 10.1. The van der Waals surface area contributed by atoms with Gasteiger partial charge in [0.1, 0.15) is 5.75 Å². The third-order valence-corrected chi connectivity index (χ3v) is 6.39. The number of methoxy groups -OCH3 is 2. The summed E-state index contributed by atoms with van der Waals surface area (Å²) in [4.78, 5) is 4.33. The topological polar surface area (TPSA) is 74.7 Å². The second-order valence-corrected chi connectivity index (χ2v) is 8.83. The molecule has 0 aliphatic carbocycles. The van der Waals surface area contributed by atoms with Crippen LogP contribution in [0.4, 0.5) is 0 Å². The van der Waals surface area contributed by atoms with Crippen LogP contribution < -0.4 is 14.2 Å². The minimum Gasteiger partial charge on any atom is -0.494 e. The number of hydrogen-bond donors (Lipinski definition) is 0. The van der Waals surface area contributed by atoms with E-state index >= 15 is 0 Å². The number of nitrogens with zero attached hydrogens (tertiary/aromatic N) is 1. The smallest absolute Gasteiger partial charge is 0.178 e. The molecule has 0 fully saturated rings. The normalized spacial score (nSPS) is 11.1. The number of rotatable bonds is 10. The minimum absolute atomic E-state index is 0.0123. The third kappa shape index (κ3) is 5.73. The van der Waals surface area contributed by atoms with Gasteiger partial charge in [-0.15, -0.1) is 0 Å². The summed E-state index contributed by atoms with van der Waals surface area (Å²) in [5.41, 5.74) is 2.30. The molecule has 0 radical (unpaired) electrons. The fourth-order valence-corrected chi connectivity index (χ4v) is 4.30. The predicted molar refractivity (Wildman–Crippen MR) is 115 cm³/mol. The van der Waals surface area contributed by atoms with E-state index in [4.69, 9.17) is 14.2 Å². The quantitative estimate of drug-likeness (QED) is 0.457. The van der Waals surface area contributed by atoms with Gasteiger partial charge in [-0.3, -0.25) is 4.98 Å². The molecule has 0 atom stereocenters. The van der Waals surface area contributed by atoms with Crippen LogP contribution in [0.3, 0.4) is 0 Å². The van der Waals surface area contributed by atoms with Gasteiger partial charge in [-0.05, 0) is 54.3 Å². The Kier molecular flexibility index (Phi) is 7.30. The van der Waals surface area contributed by atoms with E-state index < -0.39 is 9.84 Å². The Bertz CT molecular complexity index is 1050. The number of hydrogen-bond acceptors (Lipinski definition) is 6. The van der Waals surface area contributed by atoms with Gasteiger partial charge in [0.2, 0.25) is 0 Å². The highest BCUT2D eigenvalue weighted by molar-refractivity contribution is 7.91. The number of pyridine rings is 1. The Hall–Kier alpha value is -3.06. The third-order valence-electron chi connectivity index (χ3n) is 4.59. The van der Waals surface area contributed by atoms with Crippen molar-refractivity contribution in [3.63, 3.8) is 0 Å². The summed E-state index contributed by atoms with van der Waals surface area (Å²) in [6.07, 6.45) is 4.79. The first kappa shape index (κ1) is 21.6. The molecule has 6 nitrogen and oxygen atoms in total. The predicted octanol–water partition coefficient (Wildman–Crippen LogP) is 3.93. The fourth-order valence-electron chi connectivity index (χ4n) is 3.01. The molecule has 30 heavy (non-hydrogen) atoms. The van der Waals surface area contributed by atoms with Gasteiger partial charge in [0.15, 0.2) is 21.3 Å². The molecule has 2 aromatic carbocycles. The Balaban J connectivity index is 1.50. The maximum Gasteiger partial charge on any atom is 0.178 e. The van der Waals surface area contributed by atoms with Gasteiger partial charge in [0, 0.05) is 18.5 Å². The zero-order valence-corrected chi connectivity index (χ0v) is 17.9. The summed E-state index contributed by atoms with van der Waals surface area (Å²) in [5.74, 6) is 1.59. The van der Waals surface area contributed by atoms with Crippen molar-refractivity contribution in [1.82, 2.24) is 4.98 Å². The summed E-state index contributed by atoms with van der Waals surface area (Å²) in [6, 6.07) is 16.4. The zero-order chi connectivity index (χ0) is 21.4. The average Bonchev–Trinajstić information content (AvgIpc) is 2.78. The van der Waals surface area contributed by atoms with Crippen molar-refractivity contribution in [2.24, 2.45) is 0 Å². The molecule has 0 aliphatic heterocycles. The first-order valence-electron chi connectivity index (χ1n) is 9.57. The van der Waals surface area contributed by atoms with E-state index in [0.29, 0.717) is 30.3 Å². The van der Waals surface area contributed by atoms with E-state index in [1.165, 1.54) is 26.4 Å². The first-order chi connectivity index (χ1) is 14.5. The van der Waals surface area contributed by atoms with Gasteiger partial charge >= 0.3 is 0 Å². The van der Waals surface area contributed by atoms with Crippen molar-refractivity contribution in [2.45, 2.75) is 17.7 Å². The van der Waals surface area contributed by atoms with Crippen molar-refractivity contribution in [3.8, 4) is 17.2 Å².